The summed E-state index contributed by atoms with van der Waals surface area (Å²) in [4.78, 5) is 23.0. The van der Waals surface area contributed by atoms with Gasteiger partial charge in [-0.25, -0.2) is 0 Å². The third-order valence-electron chi connectivity index (χ3n) is 2.31. The van der Waals surface area contributed by atoms with Gasteiger partial charge in [-0.15, -0.1) is 0 Å². The van der Waals surface area contributed by atoms with Crippen molar-refractivity contribution in [3.63, 3.8) is 0 Å². The molecule has 6 nitrogen and oxygen atoms in total. The van der Waals surface area contributed by atoms with Crippen LogP contribution >= 0.6 is 27.5 Å². The molecule has 2 rings (SSSR count). The summed E-state index contributed by atoms with van der Waals surface area (Å²) in [6.07, 6.45) is 1.36. The molecule has 0 atom stereocenters. The summed E-state index contributed by atoms with van der Waals surface area (Å²) < 4.78 is 10.8. The number of benzene rings is 1. The molecule has 8 heteroatoms. The van der Waals surface area contributed by atoms with Crippen LogP contribution in [0.3, 0.4) is 0 Å². The van der Waals surface area contributed by atoms with E-state index in [1.807, 2.05) is 0 Å². The predicted molar refractivity (Wildman–Crippen MR) is 79.0 cm³/mol. The average molecular weight is 374 g/mol. The molecule has 0 fully saturated rings. The number of hydrazine groups is 1. The molecule has 0 unspecified atom stereocenters. The number of ether oxygens (including phenoxy) is 1. The topological polar surface area (TPSA) is 80.6 Å². The number of carbonyl (C=O) groups excluding carboxylic acids is 2. The van der Waals surface area contributed by atoms with Crippen molar-refractivity contribution in [1.82, 2.24) is 10.9 Å². The zero-order chi connectivity index (χ0) is 15.2. The SMILES string of the molecule is O=C(COc1ccc(Cl)cc1Br)NNC(=O)c1ccco1. The van der Waals surface area contributed by atoms with Crippen molar-refractivity contribution in [2.75, 3.05) is 6.61 Å². The van der Waals surface area contributed by atoms with Crippen molar-refractivity contribution >= 4 is 39.3 Å². The molecule has 0 radical (unpaired) electrons. The van der Waals surface area contributed by atoms with Gasteiger partial charge >= 0.3 is 5.91 Å². The molecule has 0 aliphatic rings. The van der Waals surface area contributed by atoms with Crippen LogP contribution in [0.2, 0.25) is 5.02 Å². The fourth-order valence-electron chi connectivity index (χ4n) is 1.37. The molecule has 0 saturated heterocycles. The van der Waals surface area contributed by atoms with E-state index in [2.05, 4.69) is 26.8 Å². The summed E-state index contributed by atoms with van der Waals surface area (Å²) in [6.45, 7) is -0.265. The van der Waals surface area contributed by atoms with Gasteiger partial charge in [0.1, 0.15) is 5.75 Å². The van der Waals surface area contributed by atoms with Gasteiger partial charge in [0.05, 0.1) is 10.7 Å². The Morgan fingerprint density at radius 2 is 2.10 bits per heavy atom. The fraction of sp³-hybridized carbons (Fsp3) is 0.0769. The van der Waals surface area contributed by atoms with Crippen LogP contribution in [0.1, 0.15) is 10.6 Å². The van der Waals surface area contributed by atoms with Gasteiger partial charge in [0.2, 0.25) is 0 Å². The number of nitrogens with one attached hydrogen (secondary N) is 2. The second kappa shape index (κ2) is 7.14. The van der Waals surface area contributed by atoms with Crippen LogP contribution < -0.4 is 15.6 Å². The molecule has 1 aromatic heterocycles. The van der Waals surface area contributed by atoms with Gasteiger partial charge in [0.15, 0.2) is 12.4 Å². The first kappa shape index (κ1) is 15.4. The first-order chi connectivity index (χ1) is 10.1. The Morgan fingerprint density at radius 1 is 1.29 bits per heavy atom. The fourth-order valence-corrected chi connectivity index (χ4v) is 2.16. The van der Waals surface area contributed by atoms with Gasteiger partial charge in [-0.3, -0.25) is 20.4 Å². The highest BCUT2D eigenvalue weighted by Gasteiger charge is 2.10. The van der Waals surface area contributed by atoms with Crippen molar-refractivity contribution < 1.29 is 18.7 Å². The molecule has 2 aromatic rings. The van der Waals surface area contributed by atoms with Crippen LogP contribution in [0.4, 0.5) is 0 Å². The largest absolute Gasteiger partial charge is 0.483 e. The highest BCUT2D eigenvalue weighted by atomic mass is 79.9. The normalized spacial score (nSPS) is 10.0. The van der Waals surface area contributed by atoms with E-state index in [9.17, 15) is 9.59 Å². The van der Waals surface area contributed by atoms with E-state index >= 15 is 0 Å². The summed E-state index contributed by atoms with van der Waals surface area (Å²) in [5, 5.41) is 0.546. The van der Waals surface area contributed by atoms with Crippen LogP contribution in [0.25, 0.3) is 0 Å². The molecule has 0 aliphatic carbocycles. The Balaban J connectivity index is 1.78. The summed E-state index contributed by atoms with van der Waals surface area (Å²) >= 11 is 9.05. The van der Waals surface area contributed by atoms with Crippen molar-refractivity contribution in [1.29, 1.82) is 0 Å². The van der Waals surface area contributed by atoms with Gasteiger partial charge in [-0.1, -0.05) is 11.6 Å². The molecular formula is C13H10BrClN2O4. The lowest BCUT2D eigenvalue weighted by molar-refractivity contribution is -0.123. The highest BCUT2D eigenvalue weighted by molar-refractivity contribution is 9.10. The highest BCUT2D eigenvalue weighted by Crippen LogP contribution is 2.27. The third-order valence-corrected chi connectivity index (χ3v) is 3.17. The number of carbonyl (C=O) groups is 2. The molecular weight excluding hydrogens is 364 g/mol. The monoisotopic (exact) mass is 372 g/mol. The van der Waals surface area contributed by atoms with E-state index in [1.165, 1.54) is 12.3 Å². The first-order valence-corrected chi connectivity index (χ1v) is 6.94. The number of furan rings is 1. The molecule has 0 bridgehead atoms. The summed E-state index contributed by atoms with van der Waals surface area (Å²) in [5.74, 6) is -0.513. The molecule has 110 valence electrons. The number of rotatable bonds is 4. The van der Waals surface area contributed by atoms with Crippen molar-refractivity contribution in [3.8, 4) is 5.75 Å². The van der Waals surface area contributed by atoms with Crippen LogP contribution in [0.15, 0.2) is 45.5 Å². The van der Waals surface area contributed by atoms with Crippen LogP contribution in [-0.4, -0.2) is 18.4 Å². The lowest BCUT2D eigenvalue weighted by atomic mass is 10.3. The number of amides is 2. The van der Waals surface area contributed by atoms with Crippen molar-refractivity contribution in [3.05, 3.63) is 51.9 Å². The van der Waals surface area contributed by atoms with Gasteiger partial charge in [-0.2, -0.15) is 0 Å². The Bertz CT molecular complexity index is 646. The minimum Gasteiger partial charge on any atom is -0.483 e. The van der Waals surface area contributed by atoms with E-state index in [-0.39, 0.29) is 12.4 Å². The van der Waals surface area contributed by atoms with E-state index in [1.54, 1.807) is 24.3 Å². The molecule has 2 N–H and O–H groups in total. The minimum atomic E-state index is -0.555. The summed E-state index contributed by atoms with van der Waals surface area (Å²) in [5.41, 5.74) is 4.41. The molecule has 0 saturated carbocycles. The summed E-state index contributed by atoms with van der Waals surface area (Å²) in [6, 6.07) is 7.95. The maximum Gasteiger partial charge on any atom is 0.305 e. The van der Waals surface area contributed by atoms with E-state index in [0.717, 1.165) is 0 Å². The van der Waals surface area contributed by atoms with Gasteiger partial charge < -0.3 is 9.15 Å². The average Bonchev–Trinajstić information content (AvgIpc) is 2.98. The molecule has 1 aromatic carbocycles. The third kappa shape index (κ3) is 4.51. The lowest BCUT2D eigenvalue weighted by Crippen LogP contribution is -2.43. The second-order valence-corrected chi connectivity index (χ2v) is 5.13. The quantitative estimate of drug-likeness (QED) is 0.807. The maximum absolute atomic E-state index is 11.5. The van der Waals surface area contributed by atoms with Gasteiger partial charge in [0, 0.05) is 5.02 Å². The van der Waals surface area contributed by atoms with Crippen LogP contribution in [0, 0.1) is 0 Å². The number of halogens is 2. The maximum atomic E-state index is 11.5. The van der Waals surface area contributed by atoms with Gasteiger partial charge in [0.25, 0.3) is 5.91 Å². The zero-order valence-corrected chi connectivity index (χ0v) is 12.9. The van der Waals surface area contributed by atoms with E-state index < -0.39 is 11.8 Å². The zero-order valence-electron chi connectivity index (χ0n) is 10.6. The number of hydrogen-bond acceptors (Lipinski definition) is 4. The molecule has 1 heterocycles. The minimum absolute atomic E-state index is 0.0941. The molecule has 21 heavy (non-hydrogen) atoms. The van der Waals surface area contributed by atoms with Crippen molar-refractivity contribution in [2.24, 2.45) is 0 Å². The predicted octanol–water partition coefficient (Wildman–Crippen LogP) is 2.54. The molecule has 2 amide bonds. The molecule has 0 aliphatic heterocycles. The summed E-state index contributed by atoms with van der Waals surface area (Å²) in [7, 11) is 0. The Kier molecular flexibility index (Phi) is 5.24. The Hall–Kier alpha value is -1.99. The Morgan fingerprint density at radius 3 is 2.76 bits per heavy atom. The smallest absolute Gasteiger partial charge is 0.305 e. The molecule has 0 spiro atoms. The first-order valence-electron chi connectivity index (χ1n) is 5.77. The number of hydrogen-bond donors (Lipinski definition) is 2. The van der Waals surface area contributed by atoms with Gasteiger partial charge in [-0.05, 0) is 46.3 Å². The standard InChI is InChI=1S/C13H10BrClN2O4/c14-9-6-8(15)3-4-10(9)21-7-12(18)16-17-13(19)11-2-1-5-20-11/h1-6H,7H2,(H,16,18)(H,17,19). The van der Waals surface area contributed by atoms with E-state index in [0.29, 0.717) is 15.2 Å². The van der Waals surface area contributed by atoms with E-state index in [4.69, 9.17) is 20.8 Å². The Labute approximate surface area is 133 Å². The lowest BCUT2D eigenvalue weighted by Gasteiger charge is -2.09. The second-order valence-electron chi connectivity index (χ2n) is 3.84. The van der Waals surface area contributed by atoms with Crippen molar-refractivity contribution in [2.45, 2.75) is 0 Å². The van der Waals surface area contributed by atoms with Crippen LogP contribution in [0.5, 0.6) is 5.75 Å². The van der Waals surface area contributed by atoms with Crippen LogP contribution in [-0.2, 0) is 4.79 Å².